The monoisotopic (exact) mass is 85.0 g/mol. The SMILES string of the molecule is O.O.O.[P]. The first-order chi connectivity index (χ1) is 0. The fraction of sp³-hybridized carbons (Fsp3) is 0. The fourth-order valence-electron chi connectivity index (χ4n) is 0. The minimum absolute atomic E-state index is 0. The second kappa shape index (κ2) is 184. The Hall–Kier alpha value is 0.310. The summed E-state index contributed by atoms with van der Waals surface area (Å²) in [6, 6.07) is 0. The van der Waals surface area contributed by atoms with Crippen molar-refractivity contribution in [3.05, 3.63) is 0 Å². The Morgan fingerprint density at radius 2 is 0.500 bits per heavy atom. The van der Waals surface area contributed by atoms with Crippen LogP contribution in [-0.2, 0) is 0 Å². The van der Waals surface area contributed by atoms with Crippen LogP contribution in [-0.4, -0.2) is 16.4 Å². The van der Waals surface area contributed by atoms with Crippen LogP contribution in [0.1, 0.15) is 0 Å². The molecule has 0 amide bonds. The normalized spacial score (nSPS) is 0. The summed E-state index contributed by atoms with van der Waals surface area (Å²) in [4.78, 5) is 0. The molecule has 6 N–H and O–H groups in total. The summed E-state index contributed by atoms with van der Waals surface area (Å²) in [7, 11) is 0. The largest absolute Gasteiger partial charge is 0.412 e. The summed E-state index contributed by atoms with van der Waals surface area (Å²) in [5.41, 5.74) is 0. The third kappa shape index (κ3) is 41.3. The molecule has 0 saturated heterocycles. The third-order valence-electron chi connectivity index (χ3n) is 0. The van der Waals surface area contributed by atoms with Gasteiger partial charge in [0.1, 0.15) is 0 Å². The van der Waals surface area contributed by atoms with E-state index in [1.54, 1.807) is 0 Å². The lowest BCUT2D eigenvalue weighted by atomic mass is 16.0. The van der Waals surface area contributed by atoms with Crippen molar-refractivity contribution < 1.29 is 16.4 Å². The first-order valence-corrected chi connectivity index (χ1v) is 0. The van der Waals surface area contributed by atoms with E-state index in [2.05, 4.69) is 0 Å². The second-order valence-corrected chi connectivity index (χ2v) is 0. The van der Waals surface area contributed by atoms with Crippen molar-refractivity contribution in [2.75, 3.05) is 0 Å². The van der Waals surface area contributed by atoms with Gasteiger partial charge in [0.25, 0.3) is 0 Å². The zero-order valence-corrected chi connectivity index (χ0v) is 2.84. The summed E-state index contributed by atoms with van der Waals surface area (Å²) >= 11 is 0. The third-order valence-corrected chi connectivity index (χ3v) is 0. The van der Waals surface area contributed by atoms with E-state index in [1.807, 2.05) is 0 Å². The molecule has 0 aromatic carbocycles. The Labute approximate surface area is 27.6 Å². The molecule has 0 saturated carbocycles. The molecule has 4 heavy (non-hydrogen) atoms. The van der Waals surface area contributed by atoms with E-state index in [0.29, 0.717) is 0 Å². The van der Waals surface area contributed by atoms with Crippen molar-refractivity contribution >= 4 is 9.90 Å². The maximum atomic E-state index is 0. The van der Waals surface area contributed by atoms with Gasteiger partial charge < -0.3 is 16.4 Å². The Kier molecular flexibility index (Phi) is 22600. The van der Waals surface area contributed by atoms with E-state index >= 15 is 0 Å². The lowest BCUT2D eigenvalue weighted by Gasteiger charge is -0.413. The lowest BCUT2D eigenvalue weighted by Crippen LogP contribution is -0.290. The van der Waals surface area contributed by atoms with Gasteiger partial charge in [-0.25, -0.2) is 0 Å². The molecule has 0 fully saturated rings. The highest BCUT2D eigenvalue weighted by atomic mass is 31.0. The zero-order chi connectivity index (χ0) is 0. The highest BCUT2D eigenvalue weighted by Crippen LogP contribution is 0.861. The van der Waals surface area contributed by atoms with Gasteiger partial charge in [0.05, 0.1) is 0 Å². The summed E-state index contributed by atoms with van der Waals surface area (Å²) in [6.45, 7) is 0. The highest BCUT2D eigenvalue weighted by Gasteiger charge is 0.00000733. The Morgan fingerprint density at radius 1 is 0.500 bits per heavy atom. The predicted molar refractivity (Wildman–Crippen MR) is 17.8 cm³/mol. The molecule has 0 aromatic heterocycles. The molecule has 0 aromatic rings. The molecule has 29 valence electrons. The van der Waals surface area contributed by atoms with Crippen LogP contribution in [0.4, 0.5) is 0 Å². The molecule has 4 heteroatoms. The quantitative estimate of drug-likeness (QED) is 0.316. The average Bonchev–Trinajstić information content (AvgIpc) is 0. The maximum Gasteiger partial charge on any atom is 0 e. The molecule has 0 atom stereocenters. The van der Waals surface area contributed by atoms with Gasteiger partial charge >= 0.3 is 0 Å². The van der Waals surface area contributed by atoms with E-state index in [0.717, 1.165) is 0 Å². The lowest BCUT2D eigenvalue weighted by molar-refractivity contribution is 0.823. The molecule has 0 aliphatic carbocycles. The van der Waals surface area contributed by atoms with Crippen LogP contribution >= 0.6 is 9.90 Å². The van der Waals surface area contributed by atoms with E-state index in [4.69, 9.17) is 0 Å². The Morgan fingerprint density at radius 3 is 0.500 bits per heavy atom. The van der Waals surface area contributed by atoms with Gasteiger partial charge in [-0.3, -0.25) is 0 Å². The van der Waals surface area contributed by atoms with Crippen LogP contribution in [0.2, 0.25) is 0 Å². The first-order valence-electron chi connectivity index (χ1n) is 0. The molecular formula is H6O3P. The minimum atomic E-state index is 0. The molecule has 3 radical (unpaired) electrons. The van der Waals surface area contributed by atoms with E-state index in [1.165, 1.54) is 0 Å². The van der Waals surface area contributed by atoms with Gasteiger partial charge in [-0.05, 0) is 0 Å². The maximum absolute atomic E-state index is 0. The van der Waals surface area contributed by atoms with Crippen molar-refractivity contribution in [3.8, 4) is 0 Å². The molecule has 3 nitrogen and oxygen atoms in total. The number of hydrogen-bond donors (Lipinski definition) is 0. The molecule has 0 aliphatic heterocycles. The van der Waals surface area contributed by atoms with Gasteiger partial charge in [0.15, 0.2) is 0 Å². The topological polar surface area (TPSA) is 94.5 Å². The van der Waals surface area contributed by atoms with Crippen LogP contribution < -0.4 is 0 Å². The molecule has 0 unspecified atom stereocenters. The van der Waals surface area contributed by atoms with Gasteiger partial charge in [0, 0.05) is 9.90 Å². The summed E-state index contributed by atoms with van der Waals surface area (Å²) in [6.07, 6.45) is 0. The van der Waals surface area contributed by atoms with Gasteiger partial charge in [-0.1, -0.05) is 0 Å². The van der Waals surface area contributed by atoms with Gasteiger partial charge in [0.2, 0.25) is 0 Å². The molecule has 0 heterocycles. The fourth-order valence-corrected chi connectivity index (χ4v) is 0. The molecule has 0 bridgehead atoms. The standard InChI is InChI=1S/3H2O.P/h3*1H2;. The van der Waals surface area contributed by atoms with Gasteiger partial charge in [-0.2, -0.15) is 0 Å². The summed E-state index contributed by atoms with van der Waals surface area (Å²) in [5, 5.41) is 0. The van der Waals surface area contributed by atoms with Gasteiger partial charge in [-0.15, -0.1) is 0 Å². The van der Waals surface area contributed by atoms with Crippen LogP contribution in [0.3, 0.4) is 0 Å². The summed E-state index contributed by atoms with van der Waals surface area (Å²) < 4.78 is 0. The Bertz CT molecular complexity index is 3.25. The molecular weight excluding hydrogens is 79.0 g/mol. The summed E-state index contributed by atoms with van der Waals surface area (Å²) in [5.74, 6) is 0. The van der Waals surface area contributed by atoms with Crippen LogP contribution in [0, 0.1) is 0 Å². The van der Waals surface area contributed by atoms with E-state index < -0.39 is 0 Å². The predicted octanol–water partition coefficient (Wildman–Crippen LogP) is -1.61. The minimum Gasteiger partial charge on any atom is -0.412 e. The molecule has 0 aliphatic rings. The van der Waals surface area contributed by atoms with Crippen LogP contribution in [0.25, 0.3) is 0 Å². The van der Waals surface area contributed by atoms with Crippen molar-refractivity contribution in [2.24, 2.45) is 0 Å². The number of rotatable bonds is 0. The van der Waals surface area contributed by atoms with Crippen LogP contribution in [0.5, 0.6) is 0 Å². The average molecular weight is 85.0 g/mol. The highest BCUT2D eigenvalue weighted by molar-refractivity contribution is 6.92. The Balaban J connectivity index is 0. The van der Waals surface area contributed by atoms with Crippen molar-refractivity contribution in [2.45, 2.75) is 0 Å². The second-order valence-electron chi connectivity index (χ2n) is 0. The number of hydrogen-bond acceptors (Lipinski definition) is 0. The van der Waals surface area contributed by atoms with Crippen molar-refractivity contribution in [1.29, 1.82) is 0 Å². The van der Waals surface area contributed by atoms with Crippen LogP contribution in [0.15, 0.2) is 0 Å². The van der Waals surface area contributed by atoms with Crippen molar-refractivity contribution in [1.82, 2.24) is 0 Å². The molecule has 0 spiro atoms. The zero-order valence-electron chi connectivity index (χ0n) is 1.95. The van der Waals surface area contributed by atoms with E-state index in [-0.39, 0.29) is 26.3 Å². The van der Waals surface area contributed by atoms with E-state index in [9.17, 15) is 0 Å². The first kappa shape index (κ1) is 491. The smallest absolute Gasteiger partial charge is 0 e. The van der Waals surface area contributed by atoms with Crippen molar-refractivity contribution in [3.63, 3.8) is 0 Å². The molecule has 0 rings (SSSR count).